The van der Waals surface area contributed by atoms with E-state index in [2.05, 4.69) is 9.47 Å². The van der Waals surface area contributed by atoms with Crippen molar-refractivity contribution < 1.29 is 44.0 Å². The largest absolute Gasteiger partial charge is 0.508 e. The number of carboxylic acid groups (broad SMARTS) is 2. The van der Waals surface area contributed by atoms with E-state index in [1.54, 1.807) is 0 Å². The summed E-state index contributed by atoms with van der Waals surface area (Å²) in [7, 11) is 1.02. The van der Waals surface area contributed by atoms with E-state index in [9.17, 15) is 19.2 Å². The molecule has 134 valence electrons. The number of methoxy groups -OCH3 is 1. The van der Waals surface area contributed by atoms with Gasteiger partial charge in [0.15, 0.2) is 0 Å². The van der Waals surface area contributed by atoms with Crippen molar-refractivity contribution in [2.24, 2.45) is 5.92 Å². The third-order valence-corrected chi connectivity index (χ3v) is 3.09. The Morgan fingerprint density at radius 3 is 2.16 bits per heavy atom. The van der Waals surface area contributed by atoms with Crippen LogP contribution in [0, 0.1) is 5.92 Å². The fourth-order valence-corrected chi connectivity index (χ4v) is 1.81. The molecule has 3 N–H and O–H groups in total. The zero-order valence-corrected chi connectivity index (χ0v) is 13.1. The lowest BCUT2D eigenvalue weighted by molar-refractivity contribution is -0.172. The van der Waals surface area contributed by atoms with Crippen molar-refractivity contribution in [3.05, 3.63) is 35.9 Å². The monoisotopic (exact) mass is 352 g/mol. The van der Waals surface area contributed by atoms with Crippen LogP contribution < -0.4 is 0 Å². The van der Waals surface area contributed by atoms with Gasteiger partial charge in [-0.25, -0.2) is 9.59 Å². The second kappa shape index (κ2) is 9.06. The van der Waals surface area contributed by atoms with E-state index in [0.29, 0.717) is 5.56 Å². The normalized spacial score (nSPS) is 13.0. The number of carbonyl (C=O) groups is 4. The molecule has 9 nitrogen and oxygen atoms in total. The van der Waals surface area contributed by atoms with E-state index in [-0.39, 0.29) is 5.75 Å². The molecule has 0 aliphatic carbocycles. The lowest BCUT2D eigenvalue weighted by Gasteiger charge is -2.19. The van der Waals surface area contributed by atoms with Gasteiger partial charge in [-0.15, -0.1) is 0 Å². The Balaban J connectivity index is 2.86. The molecule has 25 heavy (non-hydrogen) atoms. The number of aromatic hydroxyl groups is 1. The van der Waals surface area contributed by atoms with Gasteiger partial charge in [0.05, 0.1) is 13.5 Å². The highest BCUT2D eigenvalue weighted by Gasteiger charge is 2.38. The lowest BCUT2D eigenvalue weighted by Crippen LogP contribution is -2.39. The Labute approximate surface area is 142 Å². The molecule has 0 spiro atoms. The second-order valence-corrected chi connectivity index (χ2v) is 4.85. The van der Waals surface area contributed by atoms with Gasteiger partial charge in [-0.05, 0) is 23.8 Å². The molecule has 0 saturated heterocycles. The maximum Gasteiger partial charge on any atom is 0.345 e. The highest BCUT2D eigenvalue weighted by molar-refractivity contribution is 5.91. The number of esters is 2. The van der Waals surface area contributed by atoms with E-state index < -0.39 is 42.3 Å². The van der Waals surface area contributed by atoms with Crippen LogP contribution in [-0.2, 0) is 28.7 Å². The highest BCUT2D eigenvalue weighted by Crippen LogP contribution is 2.16. The summed E-state index contributed by atoms with van der Waals surface area (Å²) >= 11 is 0. The fourth-order valence-electron chi connectivity index (χ4n) is 1.81. The van der Waals surface area contributed by atoms with Gasteiger partial charge in [0.1, 0.15) is 11.7 Å². The Kier molecular flexibility index (Phi) is 7.14. The fraction of sp³-hybridized carbons (Fsp3) is 0.250. The van der Waals surface area contributed by atoms with Gasteiger partial charge >= 0.3 is 23.9 Å². The number of carbonyl (C=O) groups excluding carboxylic acids is 2. The molecule has 9 heteroatoms. The average Bonchev–Trinajstić information content (AvgIpc) is 2.56. The van der Waals surface area contributed by atoms with E-state index in [4.69, 9.17) is 15.3 Å². The van der Waals surface area contributed by atoms with Gasteiger partial charge < -0.3 is 24.8 Å². The van der Waals surface area contributed by atoms with E-state index in [0.717, 1.165) is 13.2 Å². The summed E-state index contributed by atoms with van der Waals surface area (Å²) < 4.78 is 8.97. The van der Waals surface area contributed by atoms with Crippen molar-refractivity contribution >= 4 is 30.0 Å². The van der Waals surface area contributed by atoms with Crippen LogP contribution in [0.5, 0.6) is 5.75 Å². The molecule has 0 radical (unpaired) electrons. The first kappa shape index (κ1) is 19.7. The SMILES string of the molecule is COC(=O)C[C@H](C(=O)O)[C@@H](OC(=O)C=Cc1ccc(O)cc1)C(=O)O. The quantitative estimate of drug-likeness (QED) is 0.453. The van der Waals surface area contributed by atoms with Gasteiger partial charge in [-0.3, -0.25) is 9.59 Å². The zero-order valence-electron chi connectivity index (χ0n) is 13.1. The first-order valence-corrected chi connectivity index (χ1v) is 6.94. The van der Waals surface area contributed by atoms with Crippen LogP contribution in [0.1, 0.15) is 12.0 Å². The predicted octanol–water partition coefficient (Wildman–Crippen LogP) is 0.666. The molecule has 1 aromatic rings. The molecule has 0 aliphatic heterocycles. The van der Waals surface area contributed by atoms with Crippen molar-refractivity contribution in [3.63, 3.8) is 0 Å². The molecular weight excluding hydrogens is 336 g/mol. The first-order chi connectivity index (χ1) is 11.7. The van der Waals surface area contributed by atoms with Gasteiger partial charge in [0, 0.05) is 6.08 Å². The molecule has 1 rings (SSSR count). The van der Waals surface area contributed by atoms with Gasteiger partial charge in [-0.1, -0.05) is 12.1 Å². The topological polar surface area (TPSA) is 147 Å². The molecule has 1 aromatic carbocycles. The van der Waals surface area contributed by atoms with Crippen molar-refractivity contribution in [2.75, 3.05) is 7.11 Å². The lowest BCUT2D eigenvalue weighted by atomic mass is 9.98. The summed E-state index contributed by atoms with van der Waals surface area (Å²) in [4.78, 5) is 45.4. The number of hydrogen-bond donors (Lipinski definition) is 3. The van der Waals surface area contributed by atoms with Crippen LogP contribution in [0.25, 0.3) is 6.08 Å². The minimum atomic E-state index is -2.06. The molecule has 2 atom stereocenters. The third kappa shape index (κ3) is 6.34. The van der Waals surface area contributed by atoms with Gasteiger partial charge in [-0.2, -0.15) is 0 Å². The van der Waals surface area contributed by atoms with Crippen LogP contribution in [0.3, 0.4) is 0 Å². The van der Waals surface area contributed by atoms with Crippen molar-refractivity contribution in [1.29, 1.82) is 0 Å². The molecule has 0 saturated carbocycles. The Morgan fingerprint density at radius 1 is 1.08 bits per heavy atom. The molecule has 0 heterocycles. The summed E-state index contributed by atoms with van der Waals surface area (Å²) in [6.45, 7) is 0. The number of ether oxygens (including phenoxy) is 2. The summed E-state index contributed by atoms with van der Waals surface area (Å²) in [5, 5.41) is 27.3. The molecule has 0 aliphatic rings. The molecule has 0 fully saturated rings. The van der Waals surface area contributed by atoms with Crippen molar-refractivity contribution in [3.8, 4) is 5.75 Å². The summed E-state index contributed by atoms with van der Waals surface area (Å²) in [5.74, 6) is -7.14. The summed E-state index contributed by atoms with van der Waals surface area (Å²) in [6.07, 6.45) is -0.637. The number of aliphatic carboxylic acids is 2. The van der Waals surface area contributed by atoms with Crippen LogP contribution in [0.2, 0.25) is 0 Å². The molecule has 0 aromatic heterocycles. The minimum absolute atomic E-state index is 0.0257. The summed E-state index contributed by atoms with van der Waals surface area (Å²) in [5.41, 5.74) is 0.519. The van der Waals surface area contributed by atoms with Crippen LogP contribution in [-0.4, -0.2) is 52.4 Å². The predicted molar refractivity (Wildman–Crippen MR) is 82.4 cm³/mol. The van der Waals surface area contributed by atoms with Crippen LogP contribution in [0.4, 0.5) is 0 Å². The van der Waals surface area contributed by atoms with Gasteiger partial charge in [0.25, 0.3) is 0 Å². The van der Waals surface area contributed by atoms with E-state index in [1.165, 1.54) is 30.3 Å². The summed E-state index contributed by atoms with van der Waals surface area (Å²) in [6, 6.07) is 5.74. The van der Waals surface area contributed by atoms with Crippen molar-refractivity contribution in [2.45, 2.75) is 12.5 Å². The highest BCUT2D eigenvalue weighted by atomic mass is 16.6. The van der Waals surface area contributed by atoms with E-state index in [1.807, 2.05) is 0 Å². The standard InChI is InChI=1S/C16H16O9/c1-24-13(19)8-11(15(20)21)14(16(22)23)25-12(18)7-4-9-2-5-10(17)6-3-9/h2-7,11,14,17H,8H2,1H3,(H,20,21)(H,22,23)/t11-,14+/m0/s1. The molecule has 0 unspecified atom stereocenters. The molecular formula is C16H16O9. The van der Waals surface area contributed by atoms with E-state index >= 15 is 0 Å². The Hall–Kier alpha value is -3.36. The minimum Gasteiger partial charge on any atom is -0.508 e. The van der Waals surface area contributed by atoms with Crippen LogP contribution in [0.15, 0.2) is 30.3 Å². The number of rotatable bonds is 8. The Bertz CT molecular complexity index is 675. The number of benzene rings is 1. The number of phenolic OH excluding ortho intramolecular Hbond substituents is 1. The zero-order chi connectivity index (χ0) is 19.0. The Morgan fingerprint density at radius 2 is 1.68 bits per heavy atom. The second-order valence-electron chi connectivity index (χ2n) is 4.85. The average molecular weight is 352 g/mol. The third-order valence-electron chi connectivity index (χ3n) is 3.09. The van der Waals surface area contributed by atoms with Crippen LogP contribution >= 0.6 is 0 Å². The maximum atomic E-state index is 11.7. The first-order valence-electron chi connectivity index (χ1n) is 6.94. The maximum absolute atomic E-state index is 11.7. The number of carboxylic acids is 2. The van der Waals surface area contributed by atoms with Gasteiger partial charge in [0.2, 0.25) is 6.10 Å². The number of hydrogen-bond acceptors (Lipinski definition) is 7. The number of phenols is 1. The molecule has 0 amide bonds. The molecule has 0 bridgehead atoms. The van der Waals surface area contributed by atoms with Crippen molar-refractivity contribution in [1.82, 2.24) is 0 Å². The smallest absolute Gasteiger partial charge is 0.345 e.